The van der Waals surface area contributed by atoms with Gasteiger partial charge in [-0.1, -0.05) is 0 Å². The van der Waals surface area contributed by atoms with E-state index in [1.807, 2.05) is 6.92 Å². The van der Waals surface area contributed by atoms with Crippen LogP contribution in [0.25, 0.3) is 0 Å². The van der Waals surface area contributed by atoms with Gasteiger partial charge >= 0.3 is 0 Å². The molecule has 2 fully saturated rings. The number of hydrogen-bond acceptors (Lipinski definition) is 3. The maximum absolute atomic E-state index is 11.9. The van der Waals surface area contributed by atoms with Gasteiger partial charge in [0.2, 0.25) is 11.8 Å². The number of carbonyl (C=O) groups excluding carboxylic acids is 2. The third-order valence-electron chi connectivity index (χ3n) is 3.62. The number of piperidine rings is 1. The standard InChI is InChI=1S/C12H21N3O2/c1-2-14-8-12(17)15(9-11(14)16)7-10-4-3-5-13-6-10/h10,13H,2-9H2,1H3. The SMILES string of the molecule is CCN1CC(=O)N(CC2CCCNC2)CC1=O. The van der Waals surface area contributed by atoms with E-state index in [2.05, 4.69) is 5.32 Å². The highest BCUT2D eigenvalue weighted by Gasteiger charge is 2.30. The number of rotatable bonds is 3. The van der Waals surface area contributed by atoms with Crippen LogP contribution < -0.4 is 5.32 Å². The van der Waals surface area contributed by atoms with Crippen molar-refractivity contribution in [3.8, 4) is 0 Å². The first-order chi connectivity index (χ1) is 8.20. The van der Waals surface area contributed by atoms with Gasteiger partial charge in [0.1, 0.15) is 0 Å². The van der Waals surface area contributed by atoms with Crippen molar-refractivity contribution in [1.82, 2.24) is 15.1 Å². The van der Waals surface area contributed by atoms with Gasteiger partial charge in [-0.3, -0.25) is 9.59 Å². The summed E-state index contributed by atoms with van der Waals surface area (Å²) in [7, 11) is 0. The summed E-state index contributed by atoms with van der Waals surface area (Å²) in [4.78, 5) is 27.0. The Morgan fingerprint density at radius 2 is 1.94 bits per heavy atom. The quantitative estimate of drug-likeness (QED) is 0.734. The van der Waals surface area contributed by atoms with E-state index in [1.54, 1.807) is 9.80 Å². The van der Waals surface area contributed by atoms with E-state index in [4.69, 9.17) is 0 Å². The van der Waals surface area contributed by atoms with Gasteiger partial charge in [0, 0.05) is 13.1 Å². The summed E-state index contributed by atoms with van der Waals surface area (Å²) < 4.78 is 0. The number of carbonyl (C=O) groups is 2. The predicted octanol–water partition coefficient (Wildman–Crippen LogP) is -0.323. The summed E-state index contributed by atoms with van der Waals surface area (Å²) in [5.41, 5.74) is 0. The second-order valence-electron chi connectivity index (χ2n) is 4.89. The molecule has 96 valence electrons. The fourth-order valence-electron chi connectivity index (χ4n) is 2.55. The van der Waals surface area contributed by atoms with Crippen LogP contribution in [-0.4, -0.2) is 60.9 Å². The topological polar surface area (TPSA) is 52.7 Å². The summed E-state index contributed by atoms with van der Waals surface area (Å²) >= 11 is 0. The Kier molecular flexibility index (Phi) is 3.99. The average Bonchev–Trinajstić information content (AvgIpc) is 2.34. The monoisotopic (exact) mass is 239 g/mol. The Bertz CT molecular complexity index is 300. The number of nitrogens with zero attached hydrogens (tertiary/aromatic N) is 2. The van der Waals surface area contributed by atoms with Gasteiger partial charge in [0.25, 0.3) is 0 Å². The van der Waals surface area contributed by atoms with E-state index in [9.17, 15) is 9.59 Å². The van der Waals surface area contributed by atoms with Crippen molar-refractivity contribution in [1.29, 1.82) is 0 Å². The Balaban J connectivity index is 1.88. The van der Waals surface area contributed by atoms with Crippen molar-refractivity contribution in [3.63, 3.8) is 0 Å². The number of nitrogens with one attached hydrogen (secondary N) is 1. The molecule has 2 aliphatic heterocycles. The number of hydrogen-bond donors (Lipinski definition) is 1. The molecule has 1 unspecified atom stereocenters. The van der Waals surface area contributed by atoms with Gasteiger partial charge in [-0.2, -0.15) is 0 Å². The molecule has 5 heteroatoms. The summed E-state index contributed by atoms with van der Waals surface area (Å²) in [5.74, 6) is 0.682. The van der Waals surface area contributed by atoms with E-state index in [1.165, 1.54) is 6.42 Å². The Labute approximate surface area is 102 Å². The molecule has 2 heterocycles. The first-order valence-electron chi connectivity index (χ1n) is 6.47. The van der Waals surface area contributed by atoms with Crippen LogP contribution in [0.4, 0.5) is 0 Å². The highest BCUT2D eigenvalue weighted by molar-refractivity contribution is 5.92. The molecule has 0 radical (unpaired) electrons. The van der Waals surface area contributed by atoms with E-state index in [0.717, 1.165) is 26.1 Å². The smallest absolute Gasteiger partial charge is 0.242 e. The zero-order chi connectivity index (χ0) is 12.3. The molecule has 1 N–H and O–H groups in total. The maximum atomic E-state index is 11.9. The van der Waals surface area contributed by atoms with Crippen molar-refractivity contribution < 1.29 is 9.59 Å². The molecule has 2 aliphatic rings. The van der Waals surface area contributed by atoms with Crippen molar-refractivity contribution in [2.75, 3.05) is 39.3 Å². The van der Waals surface area contributed by atoms with Crippen molar-refractivity contribution in [2.45, 2.75) is 19.8 Å². The fourth-order valence-corrected chi connectivity index (χ4v) is 2.55. The third-order valence-corrected chi connectivity index (χ3v) is 3.62. The Morgan fingerprint density at radius 1 is 1.24 bits per heavy atom. The van der Waals surface area contributed by atoms with Crippen molar-refractivity contribution >= 4 is 11.8 Å². The lowest BCUT2D eigenvalue weighted by Crippen LogP contribution is -2.55. The van der Waals surface area contributed by atoms with Crippen LogP contribution in [0.15, 0.2) is 0 Å². The van der Waals surface area contributed by atoms with E-state index < -0.39 is 0 Å². The molecule has 0 spiro atoms. The predicted molar refractivity (Wildman–Crippen MR) is 64.4 cm³/mol. The molecular formula is C12H21N3O2. The Hall–Kier alpha value is -1.10. The highest BCUT2D eigenvalue weighted by Crippen LogP contribution is 2.14. The van der Waals surface area contributed by atoms with Crippen LogP contribution in [0.1, 0.15) is 19.8 Å². The lowest BCUT2D eigenvalue weighted by atomic mass is 9.99. The van der Waals surface area contributed by atoms with E-state index >= 15 is 0 Å². The Morgan fingerprint density at radius 3 is 2.59 bits per heavy atom. The van der Waals surface area contributed by atoms with Crippen LogP contribution in [0.2, 0.25) is 0 Å². The van der Waals surface area contributed by atoms with Gasteiger partial charge in [-0.15, -0.1) is 0 Å². The van der Waals surface area contributed by atoms with Gasteiger partial charge < -0.3 is 15.1 Å². The van der Waals surface area contributed by atoms with Crippen LogP contribution in [-0.2, 0) is 9.59 Å². The van der Waals surface area contributed by atoms with Crippen molar-refractivity contribution in [2.24, 2.45) is 5.92 Å². The lowest BCUT2D eigenvalue weighted by molar-refractivity contribution is -0.150. The van der Waals surface area contributed by atoms with Gasteiger partial charge in [-0.25, -0.2) is 0 Å². The largest absolute Gasteiger partial charge is 0.332 e. The average molecular weight is 239 g/mol. The minimum absolute atomic E-state index is 0.0795. The number of likely N-dealkylation sites (N-methyl/N-ethyl adjacent to an activating group) is 1. The number of piperazine rings is 1. The molecule has 1 atom stereocenters. The van der Waals surface area contributed by atoms with Crippen LogP contribution in [0, 0.1) is 5.92 Å². The zero-order valence-electron chi connectivity index (χ0n) is 10.4. The highest BCUT2D eigenvalue weighted by atomic mass is 16.2. The molecule has 0 bridgehead atoms. The molecule has 0 aromatic heterocycles. The fraction of sp³-hybridized carbons (Fsp3) is 0.833. The zero-order valence-corrected chi connectivity index (χ0v) is 10.4. The summed E-state index contributed by atoms with van der Waals surface area (Å²) in [5, 5.41) is 3.34. The second kappa shape index (κ2) is 5.49. The molecular weight excluding hydrogens is 218 g/mol. The van der Waals surface area contributed by atoms with Gasteiger partial charge in [0.05, 0.1) is 13.1 Å². The molecule has 2 saturated heterocycles. The summed E-state index contributed by atoms with van der Waals surface area (Å²) in [6, 6.07) is 0. The van der Waals surface area contributed by atoms with Crippen LogP contribution in [0.3, 0.4) is 0 Å². The van der Waals surface area contributed by atoms with Gasteiger partial charge in [0.15, 0.2) is 0 Å². The van der Waals surface area contributed by atoms with Crippen LogP contribution >= 0.6 is 0 Å². The van der Waals surface area contributed by atoms with E-state index in [0.29, 0.717) is 12.5 Å². The first kappa shape index (κ1) is 12.4. The van der Waals surface area contributed by atoms with Crippen LogP contribution in [0.5, 0.6) is 0 Å². The van der Waals surface area contributed by atoms with E-state index in [-0.39, 0.29) is 24.9 Å². The van der Waals surface area contributed by atoms with Gasteiger partial charge in [-0.05, 0) is 38.8 Å². The molecule has 0 aliphatic carbocycles. The second-order valence-corrected chi connectivity index (χ2v) is 4.89. The number of amides is 2. The van der Waals surface area contributed by atoms with Crippen molar-refractivity contribution in [3.05, 3.63) is 0 Å². The normalized spacial score (nSPS) is 26.5. The molecule has 0 aromatic carbocycles. The molecule has 0 saturated carbocycles. The summed E-state index contributed by atoms with van der Waals surface area (Å²) in [6.45, 7) is 5.84. The molecule has 2 amide bonds. The lowest BCUT2D eigenvalue weighted by Gasteiger charge is -2.36. The molecule has 5 nitrogen and oxygen atoms in total. The first-order valence-corrected chi connectivity index (χ1v) is 6.47. The molecule has 0 aromatic rings. The third kappa shape index (κ3) is 2.97. The molecule has 17 heavy (non-hydrogen) atoms. The minimum atomic E-state index is 0.0795. The maximum Gasteiger partial charge on any atom is 0.242 e. The summed E-state index contributed by atoms with van der Waals surface area (Å²) in [6.07, 6.45) is 2.32. The minimum Gasteiger partial charge on any atom is -0.332 e. The molecule has 2 rings (SSSR count).